The zero-order chi connectivity index (χ0) is 19.7. The summed E-state index contributed by atoms with van der Waals surface area (Å²) in [5, 5.41) is 4.42. The van der Waals surface area contributed by atoms with Crippen molar-refractivity contribution in [3.05, 3.63) is 77.7 Å². The van der Waals surface area contributed by atoms with Crippen molar-refractivity contribution in [2.75, 3.05) is 5.32 Å². The van der Waals surface area contributed by atoms with Crippen molar-refractivity contribution >= 4 is 34.0 Å². The second-order valence-electron chi connectivity index (χ2n) is 6.01. The van der Waals surface area contributed by atoms with E-state index < -0.39 is 11.7 Å². The maximum absolute atomic E-state index is 12.7. The number of benzene rings is 2. The molecule has 0 saturated carbocycles. The van der Waals surface area contributed by atoms with Crippen LogP contribution in [-0.4, -0.2) is 15.0 Å². The lowest BCUT2D eigenvalue weighted by Crippen LogP contribution is -2.04. The maximum atomic E-state index is 12.7. The molecule has 0 unspecified atom stereocenters. The van der Waals surface area contributed by atoms with Gasteiger partial charge < -0.3 is 5.32 Å². The van der Waals surface area contributed by atoms with Crippen molar-refractivity contribution in [1.82, 2.24) is 15.0 Å². The third kappa shape index (κ3) is 3.75. The summed E-state index contributed by atoms with van der Waals surface area (Å²) < 4.78 is 38.1. The number of pyridine rings is 1. The Morgan fingerprint density at radius 1 is 0.929 bits per heavy atom. The van der Waals surface area contributed by atoms with Gasteiger partial charge >= 0.3 is 6.18 Å². The highest BCUT2D eigenvalue weighted by Gasteiger charge is 2.29. The van der Waals surface area contributed by atoms with E-state index in [1.54, 1.807) is 24.5 Å². The highest BCUT2D eigenvalue weighted by atomic mass is 35.5. The summed E-state index contributed by atoms with van der Waals surface area (Å²) in [4.78, 5) is 13.0. The third-order valence-corrected chi connectivity index (χ3v) is 4.34. The van der Waals surface area contributed by atoms with E-state index in [1.807, 2.05) is 12.1 Å². The Labute approximate surface area is 163 Å². The SMILES string of the molecule is FC(F)(F)c1ccc(Nc2cncc(-c3ccnc4cc(Cl)ccc34)n2)cc1. The van der Waals surface area contributed by atoms with E-state index in [-0.39, 0.29) is 0 Å². The molecule has 0 spiro atoms. The first kappa shape index (κ1) is 18.2. The number of alkyl halides is 3. The van der Waals surface area contributed by atoms with Gasteiger partial charge in [0.15, 0.2) is 0 Å². The molecule has 0 aliphatic heterocycles. The van der Waals surface area contributed by atoms with E-state index in [0.29, 0.717) is 22.2 Å². The molecule has 0 fully saturated rings. The molecule has 0 radical (unpaired) electrons. The van der Waals surface area contributed by atoms with Gasteiger partial charge in [-0.25, -0.2) is 4.98 Å². The van der Waals surface area contributed by atoms with Gasteiger partial charge in [-0.3, -0.25) is 9.97 Å². The molecule has 0 bridgehead atoms. The van der Waals surface area contributed by atoms with Crippen LogP contribution in [-0.2, 0) is 6.18 Å². The van der Waals surface area contributed by atoms with Gasteiger partial charge in [-0.15, -0.1) is 0 Å². The van der Waals surface area contributed by atoms with E-state index in [9.17, 15) is 13.2 Å². The summed E-state index contributed by atoms with van der Waals surface area (Å²) in [6.07, 6.45) is 0.401. The molecule has 140 valence electrons. The van der Waals surface area contributed by atoms with Gasteiger partial charge in [0, 0.05) is 27.9 Å². The average molecular weight is 401 g/mol. The summed E-state index contributed by atoms with van der Waals surface area (Å²) in [7, 11) is 0. The smallest absolute Gasteiger partial charge is 0.339 e. The molecule has 0 atom stereocenters. The summed E-state index contributed by atoms with van der Waals surface area (Å²) in [5.74, 6) is 0.413. The molecule has 2 heterocycles. The van der Waals surface area contributed by atoms with Crippen LogP contribution in [0.5, 0.6) is 0 Å². The molecule has 1 N–H and O–H groups in total. The van der Waals surface area contributed by atoms with Crippen LogP contribution >= 0.6 is 11.6 Å². The molecular formula is C20H12ClF3N4. The molecule has 28 heavy (non-hydrogen) atoms. The zero-order valence-corrected chi connectivity index (χ0v) is 15.0. The van der Waals surface area contributed by atoms with E-state index in [0.717, 1.165) is 28.6 Å². The Hall–Kier alpha value is -3.19. The minimum atomic E-state index is -4.37. The van der Waals surface area contributed by atoms with Crippen LogP contribution in [0.3, 0.4) is 0 Å². The molecule has 2 aromatic heterocycles. The predicted molar refractivity (Wildman–Crippen MR) is 103 cm³/mol. The van der Waals surface area contributed by atoms with Gasteiger partial charge in [0.05, 0.1) is 29.2 Å². The number of rotatable bonds is 3. The lowest BCUT2D eigenvalue weighted by atomic mass is 10.1. The summed E-state index contributed by atoms with van der Waals surface area (Å²) in [5.41, 5.74) is 1.93. The fraction of sp³-hybridized carbons (Fsp3) is 0.0500. The average Bonchev–Trinajstić information content (AvgIpc) is 2.67. The molecule has 2 aromatic carbocycles. The molecule has 4 rings (SSSR count). The van der Waals surface area contributed by atoms with Crippen LogP contribution in [0.4, 0.5) is 24.7 Å². The second-order valence-corrected chi connectivity index (χ2v) is 6.45. The summed E-state index contributed by atoms with van der Waals surface area (Å²) >= 11 is 6.02. The molecular weight excluding hydrogens is 389 g/mol. The number of hydrogen-bond acceptors (Lipinski definition) is 4. The quantitative estimate of drug-likeness (QED) is 0.451. The first-order valence-electron chi connectivity index (χ1n) is 8.21. The Morgan fingerprint density at radius 3 is 2.46 bits per heavy atom. The third-order valence-electron chi connectivity index (χ3n) is 4.10. The van der Waals surface area contributed by atoms with E-state index in [2.05, 4.69) is 20.3 Å². The second kappa shape index (κ2) is 7.09. The van der Waals surface area contributed by atoms with E-state index >= 15 is 0 Å². The lowest BCUT2D eigenvalue weighted by Gasteiger charge is -2.10. The largest absolute Gasteiger partial charge is 0.416 e. The number of anilines is 2. The van der Waals surface area contributed by atoms with Gasteiger partial charge in [0.1, 0.15) is 5.82 Å². The minimum Gasteiger partial charge on any atom is -0.339 e. The lowest BCUT2D eigenvalue weighted by molar-refractivity contribution is -0.137. The zero-order valence-electron chi connectivity index (χ0n) is 14.2. The fourth-order valence-corrected chi connectivity index (χ4v) is 2.96. The van der Waals surface area contributed by atoms with Gasteiger partial charge in [-0.2, -0.15) is 13.2 Å². The molecule has 4 aromatic rings. The molecule has 4 nitrogen and oxygen atoms in total. The number of fused-ring (bicyclic) bond motifs is 1. The van der Waals surface area contributed by atoms with Crippen molar-refractivity contribution in [1.29, 1.82) is 0 Å². The molecule has 0 aliphatic rings. The maximum Gasteiger partial charge on any atom is 0.416 e. The number of nitrogens with zero attached hydrogens (tertiary/aromatic N) is 3. The molecule has 0 aliphatic carbocycles. The van der Waals surface area contributed by atoms with Crippen LogP contribution in [0.2, 0.25) is 5.02 Å². The highest BCUT2D eigenvalue weighted by Crippen LogP contribution is 2.31. The number of nitrogens with one attached hydrogen (secondary N) is 1. The van der Waals surface area contributed by atoms with E-state index in [4.69, 9.17) is 11.6 Å². The minimum absolute atomic E-state index is 0.413. The first-order chi connectivity index (χ1) is 13.4. The van der Waals surface area contributed by atoms with Crippen molar-refractivity contribution < 1.29 is 13.2 Å². The van der Waals surface area contributed by atoms with Crippen molar-refractivity contribution in [2.24, 2.45) is 0 Å². The first-order valence-corrected chi connectivity index (χ1v) is 8.59. The Bertz CT molecular complexity index is 1140. The van der Waals surface area contributed by atoms with Crippen LogP contribution < -0.4 is 5.32 Å². The van der Waals surface area contributed by atoms with Gasteiger partial charge in [0.2, 0.25) is 0 Å². The van der Waals surface area contributed by atoms with Crippen molar-refractivity contribution in [3.8, 4) is 11.3 Å². The van der Waals surface area contributed by atoms with Crippen LogP contribution in [0.1, 0.15) is 5.56 Å². The number of hydrogen-bond donors (Lipinski definition) is 1. The van der Waals surface area contributed by atoms with Gasteiger partial charge in [-0.1, -0.05) is 17.7 Å². The van der Waals surface area contributed by atoms with Gasteiger partial charge in [-0.05, 0) is 42.5 Å². The monoisotopic (exact) mass is 400 g/mol. The Morgan fingerprint density at radius 2 is 1.71 bits per heavy atom. The normalized spacial score (nSPS) is 11.6. The fourth-order valence-electron chi connectivity index (χ4n) is 2.79. The Kier molecular flexibility index (Phi) is 4.60. The molecule has 8 heteroatoms. The van der Waals surface area contributed by atoms with Crippen LogP contribution in [0.25, 0.3) is 22.2 Å². The Balaban J connectivity index is 1.66. The molecule has 0 saturated heterocycles. The van der Waals surface area contributed by atoms with E-state index in [1.165, 1.54) is 18.3 Å². The number of halogens is 4. The summed E-state index contributed by atoms with van der Waals surface area (Å²) in [6.45, 7) is 0. The predicted octanol–water partition coefficient (Wildman–Crippen LogP) is 6.11. The highest BCUT2D eigenvalue weighted by molar-refractivity contribution is 6.31. The standard InChI is InChI=1S/C20H12ClF3N4/c21-13-3-6-15-16(7-8-26-17(15)9-13)18-10-25-11-19(28-18)27-14-4-1-12(2-5-14)20(22,23)24/h1-11H,(H,27,28). The molecule has 0 amide bonds. The number of aromatic nitrogens is 3. The van der Waals surface area contributed by atoms with Crippen molar-refractivity contribution in [2.45, 2.75) is 6.18 Å². The topological polar surface area (TPSA) is 50.7 Å². The summed E-state index contributed by atoms with van der Waals surface area (Å²) in [6, 6.07) is 11.9. The van der Waals surface area contributed by atoms with Gasteiger partial charge in [0.25, 0.3) is 0 Å². The van der Waals surface area contributed by atoms with Crippen molar-refractivity contribution in [3.63, 3.8) is 0 Å². The van der Waals surface area contributed by atoms with Crippen LogP contribution in [0.15, 0.2) is 67.1 Å². The van der Waals surface area contributed by atoms with Crippen LogP contribution in [0, 0.1) is 0 Å².